The summed E-state index contributed by atoms with van der Waals surface area (Å²) < 4.78 is 25.1. The van der Waals surface area contributed by atoms with Gasteiger partial charge in [0.2, 0.25) is 10.0 Å². The van der Waals surface area contributed by atoms with Gasteiger partial charge < -0.3 is 5.32 Å². The zero-order chi connectivity index (χ0) is 19.6. The standard InChI is InChI=1S/C21H26N2O3S/c1-15(2)13-19(16-7-5-4-6-8-16)22-21(24)18-9-10-20-17(14-18)11-12-23(20)27(3,25)26/h4-10,14-15,19H,11-13H2,1-3H3,(H,22,24). The summed E-state index contributed by atoms with van der Waals surface area (Å²) in [5.41, 5.74) is 3.22. The van der Waals surface area contributed by atoms with Gasteiger partial charge in [0.25, 0.3) is 5.91 Å². The second-order valence-corrected chi connectivity index (χ2v) is 9.40. The number of nitrogens with one attached hydrogen (secondary N) is 1. The molecule has 1 aliphatic heterocycles. The average Bonchev–Trinajstić information content (AvgIpc) is 3.05. The van der Waals surface area contributed by atoms with Gasteiger partial charge in [0.05, 0.1) is 18.0 Å². The number of hydrogen-bond donors (Lipinski definition) is 1. The molecule has 0 saturated heterocycles. The zero-order valence-corrected chi connectivity index (χ0v) is 16.8. The highest BCUT2D eigenvalue weighted by Crippen LogP contribution is 2.31. The Morgan fingerprint density at radius 3 is 2.48 bits per heavy atom. The summed E-state index contributed by atoms with van der Waals surface area (Å²) in [6.07, 6.45) is 2.68. The van der Waals surface area contributed by atoms with E-state index in [9.17, 15) is 13.2 Å². The molecule has 144 valence electrons. The van der Waals surface area contributed by atoms with Gasteiger partial charge in [-0.05, 0) is 48.1 Å². The van der Waals surface area contributed by atoms with Crippen molar-refractivity contribution in [1.29, 1.82) is 0 Å². The number of amides is 1. The Labute approximate surface area is 161 Å². The Bertz CT molecular complexity index is 924. The number of sulfonamides is 1. The summed E-state index contributed by atoms with van der Waals surface area (Å²) in [5.74, 6) is 0.309. The van der Waals surface area contributed by atoms with Crippen LogP contribution >= 0.6 is 0 Å². The lowest BCUT2D eigenvalue weighted by molar-refractivity contribution is 0.0932. The molecule has 1 atom stereocenters. The van der Waals surface area contributed by atoms with E-state index in [-0.39, 0.29) is 11.9 Å². The van der Waals surface area contributed by atoms with Crippen LogP contribution in [0.5, 0.6) is 0 Å². The highest BCUT2D eigenvalue weighted by atomic mass is 32.2. The molecule has 0 saturated carbocycles. The second kappa shape index (κ2) is 7.72. The van der Waals surface area contributed by atoms with E-state index in [0.717, 1.165) is 17.5 Å². The molecule has 1 N–H and O–H groups in total. The molecule has 0 bridgehead atoms. The largest absolute Gasteiger partial charge is 0.345 e. The fraction of sp³-hybridized carbons (Fsp3) is 0.381. The number of rotatable bonds is 6. The lowest BCUT2D eigenvalue weighted by Crippen LogP contribution is -2.29. The number of benzene rings is 2. The SMILES string of the molecule is CC(C)CC(NC(=O)c1ccc2c(c1)CCN2S(C)(=O)=O)c1ccccc1. The van der Waals surface area contributed by atoms with Gasteiger partial charge in [-0.1, -0.05) is 44.2 Å². The van der Waals surface area contributed by atoms with Crippen LogP contribution in [0, 0.1) is 5.92 Å². The van der Waals surface area contributed by atoms with Crippen molar-refractivity contribution < 1.29 is 13.2 Å². The predicted molar refractivity (Wildman–Crippen MR) is 108 cm³/mol. The van der Waals surface area contributed by atoms with Gasteiger partial charge in [0.1, 0.15) is 0 Å². The van der Waals surface area contributed by atoms with Crippen molar-refractivity contribution in [3.63, 3.8) is 0 Å². The van der Waals surface area contributed by atoms with Crippen molar-refractivity contribution in [1.82, 2.24) is 5.32 Å². The van der Waals surface area contributed by atoms with Gasteiger partial charge in [0.15, 0.2) is 0 Å². The number of hydrogen-bond acceptors (Lipinski definition) is 3. The van der Waals surface area contributed by atoms with Crippen LogP contribution in [0.3, 0.4) is 0 Å². The van der Waals surface area contributed by atoms with E-state index in [1.54, 1.807) is 12.1 Å². The molecule has 1 unspecified atom stereocenters. The normalized spacial score (nSPS) is 14.9. The first-order valence-corrected chi connectivity index (χ1v) is 11.1. The maximum absolute atomic E-state index is 12.8. The van der Waals surface area contributed by atoms with Crippen molar-refractivity contribution in [2.24, 2.45) is 5.92 Å². The quantitative estimate of drug-likeness (QED) is 0.826. The van der Waals surface area contributed by atoms with Gasteiger partial charge in [0, 0.05) is 12.1 Å². The second-order valence-electron chi connectivity index (χ2n) is 7.49. The molecule has 0 fully saturated rings. The summed E-state index contributed by atoms with van der Waals surface area (Å²) in [6, 6.07) is 15.2. The fourth-order valence-electron chi connectivity index (χ4n) is 3.53. The predicted octanol–water partition coefficient (Wildman–Crippen LogP) is 3.53. The van der Waals surface area contributed by atoms with E-state index in [0.29, 0.717) is 30.1 Å². The van der Waals surface area contributed by atoms with E-state index in [2.05, 4.69) is 19.2 Å². The topological polar surface area (TPSA) is 66.5 Å². The fourth-order valence-corrected chi connectivity index (χ4v) is 4.49. The van der Waals surface area contributed by atoms with Crippen LogP contribution in [-0.2, 0) is 16.4 Å². The third kappa shape index (κ3) is 4.50. The monoisotopic (exact) mass is 386 g/mol. The molecule has 5 nitrogen and oxygen atoms in total. The minimum absolute atomic E-state index is 0.0560. The molecule has 0 spiro atoms. The summed E-state index contributed by atoms with van der Waals surface area (Å²) >= 11 is 0. The molecule has 0 aliphatic carbocycles. The van der Waals surface area contributed by atoms with Gasteiger partial charge in [-0.3, -0.25) is 9.10 Å². The molecule has 2 aromatic rings. The average molecular weight is 387 g/mol. The van der Waals surface area contributed by atoms with Crippen LogP contribution < -0.4 is 9.62 Å². The Balaban J connectivity index is 1.81. The van der Waals surface area contributed by atoms with E-state index >= 15 is 0 Å². The zero-order valence-electron chi connectivity index (χ0n) is 16.0. The first-order valence-electron chi connectivity index (χ1n) is 9.22. The summed E-state index contributed by atoms with van der Waals surface area (Å²) in [5, 5.41) is 3.14. The van der Waals surface area contributed by atoms with E-state index in [4.69, 9.17) is 0 Å². The van der Waals surface area contributed by atoms with E-state index in [1.165, 1.54) is 10.6 Å². The molecule has 0 aromatic heterocycles. The lowest BCUT2D eigenvalue weighted by atomic mass is 9.96. The highest BCUT2D eigenvalue weighted by molar-refractivity contribution is 7.92. The Morgan fingerprint density at radius 1 is 1.15 bits per heavy atom. The first-order chi connectivity index (χ1) is 12.8. The van der Waals surface area contributed by atoms with Gasteiger partial charge in [-0.25, -0.2) is 8.42 Å². The molecule has 3 rings (SSSR count). The number of anilines is 1. The number of fused-ring (bicyclic) bond motifs is 1. The van der Waals surface area contributed by atoms with Crippen LogP contribution in [0.25, 0.3) is 0 Å². The Kier molecular flexibility index (Phi) is 5.56. The van der Waals surface area contributed by atoms with Crippen LogP contribution in [0.1, 0.15) is 47.8 Å². The molecule has 1 aliphatic rings. The highest BCUT2D eigenvalue weighted by Gasteiger charge is 2.27. The van der Waals surface area contributed by atoms with E-state index < -0.39 is 10.0 Å². The molecular weight excluding hydrogens is 360 g/mol. The minimum Gasteiger partial charge on any atom is -0.345 e. The van der Waals surface area contributed by atoms with Crippen LogP contribution in [0.2, 0.25) is 0 Å². The van der Waals surface area contributed by atoms with Crippen LogP contribution in [-0.4, -0.2) is 27.1 Å². The Morgan fingerprint density at radius 2 is 1.85 bits per heavy atom. The van der Waals surface area contributed by atoms with Crippen LogP contribution in [0.4, 0.5) is 5.69 Å². The molecule has 1 heterocycles. The van der Waals surface area contributed by atoms with Gasteiger partial charge in [-0.15, -0.1) is 0 Å². The molecule has 1 amide bonds. The van der Waals surface area contributed by atoms with E-state index in [1.807, 2.05) is 36.4 Å². The van der Waals surface area contributed by atoms with Crippen LogP contribution in [0.15, 0.2) is 48.5 Å². The van der Waals surface area contributed by atoms with Crippen molar-refractivity contribution in [2.75, 3.05) is 17.1 Å². The Hall–Kier alpha value is -2.34. The first kappa shape index (κ1) is 19.4. The maximum Gasteiger partial charge on any atom is 0.251 e. The van der Waals surface area contributed by atoms with Crippen molar-refractivity contribution in [3.8, 4) is 0 Å². The molecule has 6 heteroatoms. The maximum atomic E-state index is 12.8. The smallest absolute Gasteiger partial charge is 0.251 e. The van der Waals surface area contributed by atoms with Crippen molar-refractivity contribution in [2.45, 2.75) is 32.7 Å². The summed E-state index contributed by atoms with van der Waals surface area (Å²) in [6.45, 7) is 4.70. The van der Waals surface area contributed by atoms with Gasteiger partial charge >= 0.3 is 0 Å². The third-order valence-corrected chi connectivity index (χ3v) is 5.99. The summed E-state index contributed by atoms with van der Waals surface area (Å²) in [4.78, 5) is 12.8. The number of nitrogens with zero attached hydrogens (tertiary/aromatic N) is 1. The van der Waals surface area contributed by atoms with Gasteiger partial charge in [-0.2, -0.15) is 0 Å². The molecular formula is C21H26N2O3S. The minimum atomic E-state index is -3.28. The molecule has 27 heavy (non-hydrogen) atoms. The van der Waals surface area contributed by atoms with Crippen molar-refractivity contribution >= 4 is 21.6 Å². The third-order valence-electron chi connectivity index (χ3n) is 4.81. The number of carbonyl (C=O) groups excluding carboxylic acids is 1. The lowest BCUT2D eigenvalue weighted by Gasteiger charge is -2.21. The van der Waals surface area contributed by atoms with Crippen molar-refractivity contribution in [3.05, 3.63) is 65.2 Å². The summed E-state index contributed by atoms with van der Waals surface area (Å²) in [7, 11) is -3.28. The molecule has 0 radical (unpaired) electrons. The molecule has 2 aromatic carbocycles. The number of carbonyl (C=O) groups is 1.